The lowest BCUT2D eigenvalue weighted by molar-refractivity contribution is -0.136. The van der Waals surface area contributed by atoms with Crippen molar-refractivity contribution in [1.29, 1.82) is 5.26 Å². The fraction of sp³-hybridized carbons (Fsp3) is 0.442. The summed E-state index contributed by atoms with van der Waals surface area (Å²) in [6.07, 6.45) is 8.40. The quantitative estimate of drug-likeness (QED) is 0.263. The van der Waals surface area contributed by atoms with Gasteiger partial charge in [-0.2, -0.15) is 5.26 Å². The number of benzene rings is 3. The van der Waals surface area contributed by atoms with Gasteiger partial charge >= 0.3 is 0 Å². The third-order valence-corrected chi connectivity index (χ3v) is 12.9. The average molecular weight is 761 g/mol. The second-order valence-electron chi connectivity index (χ2n) is 16.0. The molecule has 1 atom stereocenters. The van der Waals surface area contributed by atoms with Gasteiger partial charge in [0.15, 0.2) is 0 Å². The van der Waals surface area contributed by atoms with E-state index in [1.54, 1.807) is 6.07 Å². The average Bonchev–Trinajstić information content (AvgIpc) is 3.69. The number of hydrogen-bond donors (Lipinski definition) is 2. The third kappa shape index (κ3) is 7.38. The van der Waals surface area contributed by atoms with Crippen LogP contribution in [0.25, 0.3) is 0 Å². The summed E-state index contributed by atoms with van der Waals surface area (Å²) in [5, 5.41) is 15.2. The van der Waals surface area contributed by atoms with Crippen LogP contribution in [0.5, 0.6) is 0 Å². The van der Waals surface area contributed by atoms with Crippen molar-refractivity contribution in [1.82, 2.24) is 20.4 Å². The number of nitrogens with zero attached hydrogens (tertiary/aromatic N) is 4. The Morgan fingerprint density at radius 3 is 2.13 bits per heavy atom. The molecule has 1 saturated heterocycles. The van der Waals surface area contributed by atoms with Crippen LogP contribution in [0.15, 0.2) is 54.6 Å². The summed E-state index contributed by atoms with van der Waals surface area (Å²) in [5.41, 5.74) is 6.23. The predicted octanol–water partition coefficient (Wildman–Crippen LogP) is 6.08. The zero-order valence-corrected chi connectivity index (χ0v) is 31.7. The highest BCUT2D eigenvalue weighted by atomic mass is 35.5. The number of halogens is 1. The number of nitriles is 1. The number of rotatable bonds is 8. The first-order valence-electron chi connectivity index (χ1n) is 19.5. The van der Waals surface area contributed by atoms with Gasteiger partial charge in [0.1, 0.15) is 12.1 Å². The van der Waals surface area contributed by atoms with Crippen LogP contribution in [0.4, 0.5) is 5.69 Å². The van der Waals surface area contributed by atoms with E-state index in [-0.39, 0.29) is 30.7 Å². The van der Waals surface area contributed by atoms with Gasteiger partial charge in [-0.1, -0.05) is 23.7 Å². The Kier molecular flexibility index (Phi) is 10.2. The summed E-state index contributed by atoms with van der Waals surface area (Å²) in [6.45, 7) is 2.40. The summed E-state index contributed by atoms with van der Waals surface area (Å²) in [7, 11) is 2.06. The molecule has 5 amide bonds. The minimum atomic E-state index is -0.956. The number of anilines is 1. The zero-order chi connectivity index (χ0) is 38.4. The Labute approximate surface area is 326 Å². The Morgan fingerprint density at radius 2 is 1.53 bits per heavy atom. The Balaban J connectivity index is 0.784. The first kappa shape index (κ1) is 36.9. The van der Waals surface area contributed by atoms with E-state index in [4.69, 9.17) is 11.6 Å². The van der Waals surface area contributed by atoms with E-state index < -0.39 is 23.8 Å². The highest BCUT2D eigenvalue weighted by molar-refractivity contribution is 6.32. The second kappa shape index (κ2) is 15.2. The van der Waals surface area contributed by atoms with Gasteiger partial charge in [-0.25, -0.2) is 0 Å². The molecule has 8 rings (SSSR count). The van der Waals surface area contributed by atoms with Crippen LogP contribution in [0.1, 0.15) is 123 Å². The van der Waals surface area contributed by atoms with Crippen LogP contribution in [0.3, 0.4) is 0 Å². The minimum Gasteiger partial charge on any atom is -0.372 e. The highest BCUT2D eigenvalue weighted by Gasteiger charge is 2.45. The van der Waals surface area contributed by atoms with E-state index in [9.17, 15) is 29.2 Å². The number of amides is 5. The molecular weight excluding hydrogens is 716 g/mol. The molecule has 55 heavy (non-hydrogen) atoms. The summed E-state index contributed by atoms with van der Waals surface area (Å²) < 4.78 is 0. The third-order valence-electron chi connectivity index (χ3n) is 12.6. The van der Waals surface area contributed by atoms with E-state index >= 15 is 0 Å². The maximum atomic E-state index is 13.3. The summed E-state index contributed by atoms with van der Waals surface area (Å²) in [4.78, 5) is 69.5. The number of fused-ring (bicyclic) bond motifs is 2. The molecule has 5 aliphatic rings. The van der Waals surface area contributed by atoms with Crippen molar-refractivity contribution >= 4 is 46.8 Å². The van der Waals surface area contributed by atoms with Crippen molar-refractivity contribution in [3.63, 3.8) is 0 Å². The van der Waals surface area contributed by atoms with Crippen molar-refractivity contribution in [2.45, 2.75) is 101 Å². The lowest BCUT2D eigenvalue weighted by Crippen LogP contribution is -2.54. The molecular formula is C43H45ClN6O5. The summed E-state index contributed by atoms with van der Waals surface area (Å²) in [6, 6.07) is 19.0. The largest absolute Gasteiger partial charge is 0.372 e. The molecule has 3 fully saturated rings. The topological polar surface area (TPSA) is 143 Å². The van der Waals surface area contributed by atoms with Crippen LogP contribution in [-0.4, -0.2) is 71.1 Å². The molecule has 0 spiro atoms. The zero-order valence-electron chi connectivity index (χ0n) is 31.0. The molecule has 0 unspecified atom stereocenters. The molecule has 3 heterocycles. The number of imide groups is 2. The number of piperidine rings is 1. The van der Waals surface area contributed by atoms with E-state index in [2.05, 4.69) is 45.7 Å². The fourth-order valence-corrected chi connectivity index (χ4v) is 9.64. The van der Waals surface area contributed by atoms with Crippen molar-refractivity contribution < 1.29 is 24.0 Å². The van der Waals surface area contributed by atoms with Crippen LogP contribution >= 0.6 is 11.6 Å². The van der Waals surface area contributed by atoms with Crippen LogP contribution in [-0.2, 0) is 22.7 Å². The molecule has 2 saturated carbocycles. The molecule has 0 radical (unpaired) electrons. The maximum absolute atomic E-state index is 13.3. The van der Waals surface area contributed by atoms with Gasteiger partial charge in [-0.05, 0) is 129 Å². The molecule has 12 heteroatoms. The number of carbonyl (C=O) groups excluding carboxylic acids is 5. The van der Waals surface area contributed by atoms with E-state index in [1.807, 2.05) is 36.4 Å². The monoisotopic (exact) mass is 760 g/mol. The van der Waals surface area contributed by atoms with Crippen LogP contribution in [0, 0.1) is 17.2 Å². The van der Waals surface area contributed by atoms with Gasteiger partial charge in [0.05, 0.1) is 21.7 Å². The molecule has 3 aromatic carbocycles. The Hall–Kier alpha value is -5.05. The van der Waals surface area contributed by atoms with Crippen molar-refractivity contribution in [2.24, 2.45) is 5.92 Å². The lowest BCUT2D eigenvalue weighted by Gasteiger charge is -2.36. The predicted molar refractivity (Wildman–Crippen MR) is 206 cm³/mol. The summed E-state index contributed by atoms with van der Waals surface area (Å²) >= 11 is 6.27. The standard InChI is InChI=1S/C43H45ClN6O5/c1-48(34-13-10-29(21-45)37(44)20-34)33-14-11-32(12-15-33)46-40(52)28-8-6-27(7-9-28)26-4-2-25(3-5-26)22-49-23-30-18-35-36(19-31(30)24-49)43(55)50(42(35)54)38-16-17-39(51)47-41(38)53/h6-10,13,18-20,25-26,32-33,38H,2-5,11-12,14-17,22-24H2,1H3,(H,46,52)(H,47,51,53)/t25-,26-,32-,33-,38-/m0/s1. The number of carbonyl (C=O) groups is 5. The van der Waals surface area contributed by atoms with E-state index in [0.29, 0.717) is 45.2 Å². The Bertz CT molecular complexity index is 2050. The van der Waals surface area contributed by atoms with Gasteiger partial charge < -0.3 is 10.2 Å². The molecule has 2 aliphatic carbocycles. The van der Waals surface area contributed by atoms with Crippen LogP contribution in [0.2, 0.25) is 5.02 Å². The lowest BCUT2D eigenvalue weighted by atomic mass is 9.78. The van der Waals surface area contributed by atoms with Crippen molar-refractivity contribution in [3.8, 4) is 6.07 Å². The van der Waals surface area contributed by atoms with Crippen molar-refractivity contribution in [3.05, 3.63) is 98.6 Å². The van der Waals surface area contributed by atoms with Gasteiger partial charge in [-0.3, -0.25) is 39.1 Å². The normalized spacial score (nSPS) is 25.3. The first-order chi connectivity index (χ1) is 26.6. The Morgan fingerprint density at radius 1 is 0.873 bits per heavy atom. The minimum absolute atomic E-state index is 0.0249. The van der Waals surface area contributed by atoms with Gasteiger partial charge in [0, 0.05) is 56.4 Å². The van der Waals surface area contributed by atoms with Gasteiger partial charge in [0.2, 0.25) is 11.8 Å². The molecule has 3 aromatic rings. The van der Waals surface area contributed by atoms with E-state index in [1.165, 1.54) is 5.56 Å². The number of nitrogens with one attached hydrogen (secondary N) is 2. The SMILES string of the molecule is CN(c1ccc(C#N)c(Cl)c1)[C@H]1CC[C@H](NC(=O)c2ccc([C@H]3CC[C@H](CN4Cc5cc6c(cc5C4)C(=O)N([C@H]4CCC(=O)NC4=O)C6=O)CC3)cc2)CC1. The van der Waals surface area contributed by atoms with Crippen LogP contribution < -0.4 is 15.5 Å². The smallest absolute Gasteiger partial charge is 0.262 e. The first-order valence-corrected chi connectivity index (χ1v) is 19.9. The molecule has 3 aliphatic heterocycles. The van der Waals surface area contributed by atoms with Crippen molar-refractivity contribution in [2.75, 3.05) is 18.5 Å². The summed E-state index contributed by atoms with van der Waals surface area (Å²) in [5.74, 6) is -0.897. The van der Waals surface area contributed by atoms with Gasteiger partial charge in [0.25, 0.3) is 17.7 Å². The number of hydrogen-bond acceptors (Lipinski definition) is 8. The second-order valence-corrected chi connectivity index (χ2v) is 16.4. The van der Waals surface area contributed by atoms with Gasteiger partial charge in [-0.15, -0.1) is 0 Å². The molecule has 0 aromatic heterocycles. The molecule has 284 valence electrons. The highest BCUT2D eigenvalue weighted by Crippen LogP contribution is 2.39. The fourth-order valence-electron chi connectivity index (χ4n) is 9.42. The van der Waals surface area contributed by atoms with E-state index in [0.717, 1.165) is 92.7 Å². The molecule has 2 N–H and O–H groups in total. The maximum Gasteiger partial charge on any atom is 0.262 e. The molecule has 0 bridgehead atoms. The molecule has 11 nitrogen and oxygen atoms in total.